The van der Waals surface area contributed by atoms with Crippen molar-refractivity contribution in [3.8, 4) is 11.5 Å². The van der Waals surface area contributed by atoms with Crippen LogP contribution in [-0.4, -0.2) is 33.4 Å². The predicted molar refractivity (Wildman–Crippen MR) is 100 cm³/mol. The predicted octanol–water partition coefficient (Wildman–Crippen LogP) is 3.81. The van der Waals surface area contributed by atoms with Gasteiger partial charge in [0.05, 0.1) is 24.9 Å². The quantitative estimate of drug-likeness (QED) is 0.654. The van der Waals surface area contributed by atoms with E-state index in [4.69, 9.17) is 13.9 Å². The van der Waals surface area contributed by atoms with E-state index in [1.807, 2.05) is 18.2 Å². The summed E-state index contributed by atoms with van der Waals surface area (Å²) in [4.78, 5) is 4.59. The molecule has 0 bridgehead atoms. The monoisotopic (exact) mass is 373 g/mol. The Kier molecular flexibility index (Phi) is 4.99. The molecule has 26 heavy (non-hydrogen) atoms. The van der Waals surface area contributed by atoms with Crippen molar-refractivity contribution in [3.63, 3.8) is 0 Å². The van der Waals surface area contributed by atoms with Crippen molar-refractivity contribution in [3.05, 3.63) is 47.9 Å². The van der Waals surface area contributed by atoms with Crippen molar-refractivity contribution in [2.45, 2.75) is 11.8 Å². The van der Waals surface area contributed by atoms with Crippen LogP contribution >= 0.6 is 0 Å². The van der Waals surface area contributed by atoms with Crippen LogP contribution in [0.5, 0.6) is 11.5 Å². The van der Waals surface area contributed by atoms with E-state index in [2.05, 4.69) is 4.98 Å². The van der Waals surface area contributed by atoms with Gasteiger partial charge < -0.3 is 13.9 Å². The summed E-state index contributed by atoms with van der Waals surface area (Å²) in [5, 5.41) is 0. The van der Waals surface area contributed by atoms with E-state index in [-0.39, 0.29) is 10.6 Å². The van der Waals surface area contributed by atoms with Crippen molar-refractivity contribution < 1.29 is 22.3 Å². The Balaban J connectivity index is 1.96. The molecule has 0 aliphatic heterocycles. The van der Waals surface area contributed by atoms with Crippen molar-refractivity contribution in [1.82, 2.24) is 4.98 Å². The first-order valence-corrected chi connectivity index (χ1v) is 9.66. The molecule has 0 saturated heterocycles. The van der Waals surface area contributed by atoms with Crippen molar-refractivity contribution in [2.75, 3.05) is 20.0 Å². The zero-order valence-electron chi connectivity index (χ0n) is 14.7. The first kappa shape index (κ1) is 18.0. The molecule has 7 heteroatoms. The lowest BCUT2D eigenvalue weighted by molar-refractivity contribution is 0.354. The molecule has 0 N–H and O–H groups in total. The molecule has 0 fully saturated rings. The van der Waals surface area contributed by atoms with E-state index in [1.165, 1.54) is 12.1 Å². The normalized spacial score (nSPS) is 12.0. The minimum atomic E-state index is -3.28. The van der Waals surface area contributed by atoms with Crippen LogP contribution in [0.2, 0.25) is 0 Å². The van der Waals surface area contributed by atoms with Gasteiger partial charge in [-0.15, -0.1) is 0 Å². The lowest BCUT2D eigenvalue weighted by atomic mass is 10.1. The number of aromatic nitrogens is 1. The minimum Gasteiger partial charge on any atom is -0.493 e. The Morgan fingerprint density at radius 1 is 1.12 bits per heavy atom. The molecule has 3 aromatic rings. The number of nitrogens with zero attached hydrogens (tertiary/aromatic N) is 1. The number of para-hydroxylation sites is 1. The lowest BCUT2D eigenvalue weighted by Crippen LogP contribution is -2.03. The summed E-state index contributed by atoms with van der Waals surface area (Å²) in [5.74, 6) is 1.65. The highest BCUT2D eigenvalue weighted by molar-refractivity contribution is 7.91. The average molecular weight is 373 g/mol. The van der Waals surface area contributed by atoms with Crippen molar-refractivity contribution >= 4 is 33.1 Å². The summed E-state index contributed by atoms with van der Waals surface area (Å²) in [5.41, 5.74) is 1.83. The van der Waals surface area contributed by atoms with Crippen LogP contribution in [0.25, 0.3) is 23.3 Å². The highest BCUT2D eigenvalue weighted by Crippen LogP contribution is 2.32. The van der Waals surface area contributed by atoms with E-state index in [1.54, 1.807) is 39.4 Å². The molecule has 1 heterocycles. The Bertz CT molecular complexity index is 1070. The number of hydrogen-bond acceptors (Lipinski definition) is 6. The smallest absolute Gasteiger partial charge is 0.220 e. The third kappa shape index (κ3) is 3.43. The molecule has 6 nitrogen and oxygen atoms in total. The molecule has 0 aliphatic carbocycles. The van der Waals surface area contributed by atoms with Gasteiger partial charge in [-0.25, -0.2) is 13.4 Å². The van der Waals surface area contributed by atoms with Crippen LogP contribution in [0.1, 0.15) is 18.4 Å². The summed E-state index contributed by atoms with van der Waals surface area (Å²) in [6.45, 7) is 1.61. The van der Waals surface area contributed by atoms with Crippen molar-refractivity contribution in [2.24, 2.45) is 0 Å². The molecule has 0 radical (unpaired) electrons. The molecule has 1 aromatic heterocycles. The molecule has 0 unspecified atom stereocenters. The zero-order chi connectivity index (χ0) is 18.7. The van der Waals surface area contributed by atoms with Gasteiger partial charge in [-0.3, -0.25) is 0 Å². The number of sulfone groups is 1. The Morgan fingerprint density at radius 3 is 2.62 bits per heavy atom. The van der Waals surface area contributed by atoms with Crippen LogP contribution in [0.15, 0.2) is 45.7 Å². The second-order valence-electron chi connectivity index (χ2n) is 5.50. The maximum Gasteiger partial charge on any atom is 0.220 e. The lowest BCUT2D eigenvalue weighted by Gasteiger charge is -2.09. The maximum absolute atomic E-state index is 12.0. The molecule has 0 aliphatic rings. The van der Waals surface area contributed by atoms with Crippen molar-refractivity contribution in [1.29, 1.82) is 0 Å². The van der Waals surface area contributed by atoms with E-state index in [0.717, 1.165) is 5.56 Å². The van der Waals surface area contributed by atoms with Crippen LogP contribution in [-0.2, 0) is 9.84 Å². The minimum absolute atomic E-state index is 0.0404. The number of rotatable bonds is 6. The maximum atomic E-state index is 12.0. The summed E-state index contributed by atoms with van der Waals surface area (Å²) >= 11 is 0. The molecule has 0 saturated carbocycles. The van der Waals surface area contributed by atoms with E-state index >= 15 is 0 Å². The number of benzene rings is 2. The Labute approximate surface area is 152 Å². The first-order chi connectivity index (χ1) is 12.5. The first-order valence-electron chi connectivity index (χ1n) is 8.01. The number of oxazole rings is 1. The molecule has 136 valence electrons. The van der Waals surface area contributed by atoms with Gasteiger partial charge in [-0.2, -0.15) is 0 Å². The molecule has 3 rings (SSSR count). The second kappa shape index (κ2) is 7.21. The standard InChI is InChI=1S/C19H19NO5S/c1-4-26(21,22)14-9-10-16-15(12-14)20-18(25-16)11-8-13-6-5-7-17(23-2)19(13)24-3/h5-12H,4H2,1-3H3/b11-8+. The van der Waals surface area contributed by atoms with Gasteiger partial charge in [0, 0.05) is 11.6 Å². The topological polar surface area (TPSA) is 78.6 Å². The van der Waals surface area contributed by atoms with E-state index in [9.17, 15) is 8.42 Å². The molecule has 0 atom stereocenters. The Morgan fingerprint density at radius 2 is 1.92 bits per heavy atom. The third-order valence-corrected chi connectivity index (χ3v) is 5.69. The van der Waals surface area contributed by atoms with Crippen LogP contribution < -0.4 is 9.47 Å². The summed E-state index contributed by atoms with van der Waals surface area (Å²) < 4.78 is 40.3. The van der Waals surface area contributed by atoms with Gasteiger partial charge >= 0.3 is 0 Å². The summed E-state index contributed by atoms with van der Waals surface area (Å²) in [7, 11) is -0.131. The van der Waals surface area contributed by atoms with Crippen LogP contribution in [0, 0.1) is 0 Å². The average Bonchev–Trinajstić information content (AvgIpc) is 3.07. The largest absolute Gasteiger partial charge is 0.493 e. The molecule has 0 amide bonds. The van der Waals surface area contributed by atoms with E-state index < -0.39 is 9.84 Å². The number of methoxy groups -OCH3 is 2. The summed E-state index contributed by atoms with van der Waals surface area (Å²) in [6, 6.07) is 10.2. The van der Waals surface area contributed by atoms with E-state index in [0.29, 0.717) is 28.5 Å². The molecular formula is C19H19NO5S. The van der Waals surface area contributed by atoms with Gasteiger partial charge in [0.25, 0.3) is 0 Å². The highest BCUT2D eigenvalue weighted by atomic mass is 32.2. The van der Waals surface area contributed by atoms with Gasteiger partial charge in [-0.05, 0) is 30.3 Å². The van der Waals surface area contributed by atoms with Gasteiger partial charge in [0.15, 0.2) is 26.9 Å². The number of fused-ring (bicyclic) bond motifs is 1. The van der Waals surface area contributed by atoms with Gasteiger partial charge in [0.2, 0.25) is 5.89 Å². The number of hydrogen-bond donors (Lipinski definition) is 0. The molecule has 0 spiro atoms. The fraction of sp³-hybridized carbons (Fsp3) is 0.211. The molecular weight excluding hydrogens is 354 g/mol. The SMILES string of the molecule is CCS(=O)(=O)c1ccc2oc(/C=C/c3cccc(OC)c3OC)nc2c1. The fourth-order valence-corrected chi connectivity index (χ4v) is 3.46. The highest BCUT2D eigenvalue weighted by Gasteiger charge is 2.14. The zero-order valence-corrected chi connectivity index (χ0v) is 15.5. The number of ether oxygens (including phenoxy) is 2. The van der Waals surface area contributed by atoms with Crippen LogP contribution in [0.4, 0.5) is 0 Å². The molecule has 2 aromatic carbocycles. The Hall–Kier alpha value is -2.80. The summed E-state index contributed by atoms with van der Waals surface area (Å²) in [6.07, 6.45) is 3.50. The van der Waals surface area contributed by atoms with Gasteiger partial charge in [-0.1, -0.05) is 19.1 Å². The fourth-order valence-electron chi connectivity index (χ4n) is 2.56. The van der Waals surface area contributed by atoms with Gasteiger partial charge in [0.1, 0.15) is 5.52 Å². The van der Waals surface area contributed by atoms with Crippen LogP contribution in [0.3, 0.4) is 0 Å². The second-order valence-corrected chi connectivity index (χ2v) is 7.78. The third-order valence-electron chi connectivity index (χ3n) is 3.95.